The van der Waals surface area contributed by atoms with Gasteiger partial charge in [-0.25, -0.2) is 0 Å². The summed E-state index contributed by atoms with van der Waals surface area (Å²) in [6, 6.07) is 1.00. The standard InChI is InChI=1S/C18H37N.CN/c1-3-5-6-7-8-9-10-12-16-19-17-13-11-15-18(19)14-4-2;1-2/h18H,3-17H2,1-2H3;/q;-1/p+1. The zero-order chi connectivity index (χ0) is 15.8. The van der Waals surface area contributed by atoms with Gasteiger partial charge in [0.2, 0.25) is 0 Å². The molecule has 1 rings (SSSR count). The van der Waals surface area contributed by atoms with E-state index in [2.05, 4.69) is 13.8 Å². The Morgan fingerprint density at radius 2 is 1.48 bits per heavy atom. The lowest BCUT2D eigenvalue weighted by atomic mass is 9.97. The first-order valence-electron chi connectivity index (χ1n) is 9.45. The summed E-state index contributed by atoms with van der Waals surface area (Å²) >= 11 is 0. The van der Waals surface area contributed by atoms with E-state index >= 15 is 0 Å². The molecule has 0 aromatic carbocycles. The summed E-state index contributed by atoms with van der Waals surface area (Å²) in [5, 5.41) is 6.25. The highest BCUT2D eigenvalue weighted by Crippen LogP contribution is 2.10. The van der Waals surface area contributed by atoms with Crippen molar-refractivity contribution in [2.45, 2.75) is 103 Å². The highest BCUT2D eigenvalue weighted by atomic mass is 15.2. The second kappa shape index (κ2) is 15.8. The lowest BCUT2D eigenvalue weighted by molar-refractivity contribution is -0.931. The predicted octanol–water partition coefficient (Wildman–Crippen LogP) is 4.46. The van der Waals surface area contributed by atoms with E-state index in [0.29, 0.717) is 0 Å². The minimum Gasteiger partial charge on any atom is -0.512 e. The molecule has 1 heterocycles. The van der Waals surface area contributed by atoms with Crippen LogP contribution in [0.15, 0.2) is 0 Å². The van der Waals surface area contributed by atoms with Crippen LogP contribution < -0.4 is 4.90 Å². The molecule has 0 aromatic rings. The SMILES string of the molecule is CCCCCCCCCC[NH+]1CCCCC1CCC.[C-]#N. The molecule has 0 spiro atoms. The van der Waals surface area contributed by atoms with Crippen molar-refractivity contribution in [3.63, 3.8) is 0 Å². The number of quaternary nitrogens is 1. The Balaban J connectivity index is 0.00000191. The fourth-order valence-electron chi connectivity index (χ4n) is 3.66. The van der Waals surface area contributed by atoms with Gasteiger partial charge in [-0.1, -0.05) is 58.8 Å². The van der Waals surface area contributed by atoms with Crippen LogP contribution in [-0.4, -0.2) is 19.1 Å². The highest BCUT2D eigenvalue weighted by molar-refractivity contribution is 4.61. The minimum absolute atomic E-state index is 1.00. The molecular weight excluding hydrogens is 256 g/mol. The van der Waals surface area contributed by atoms with Crippen LogP contribution in [0.1, 0.15) is 97.3 Å². The highest BCUT2D eigenvalue weighted by Gasteiger charge is 2.24. The average molecular weight is 295 g/mol. The van der Waals surface area contributed by atoms with Gasteiger partial charge in [-0.05, 0) is 38.5 Å². The van der Waals surface area contributed by atoms with E-state index in [4.69, 9.17) is 11.8 Å². The zero-order valence-electron chi connectivity index (χ0n) is 14.6. The van der Waals surface area contributed by atoms with Gasteiger partial charge in [0, 0.05) is 0 Å². The normalized spacial score (nSPS) is 21.5. The van der Waals surface area contributed by atoms with Gasteiger partial charge in [-0.15, -0.1) is 0 Å². The van der Waals surface area contributed by atoms with Crippen molar-refractivity contribution in [2.24, 2.45) is 0 Å². The van der Waals surface area contributed by atoms with Crippen molar-refractivity contribution in [3.8, 4) is 0 Å². The third kappa shape index (κ3) is 10.8. The van der Waals surface area contributed by atoms with Gasteiger partial charge in [0.15, 0.2) is 0 Å². The molecule has 0 aliphatic carbocycles. The third-order valence-electron chi connectivity index (χ3n) is 4.87. The first-order chi connectivity index (χ1) is 10.4. The largest absolute Gasteiger partial charge is 0.512 e. The molecule has 2 atom stereocenters. The first-order valence-corrected chi connectivity index (χ1v) is 9.45. The summed E-state index contributed by atoms with van der Waals surface area (Å²) in [7, 11) is 0. The number of nitrogens with zero attached hydrogens (tertiary/aromatic N) is 1. The number of unbranched alkanes of at least 4 members (excludes halogenated alkanes) is 7. The summed E-state index contributed by atoms with van der Waals surface area (Å²) in [5.41, 5.74) is 0. The molecule has 1 aliphatic heterocycles. The van der Waals surface area contributed by atoms with Crippen LogP contribution in [-0.2, 0) is 0 Å². The fraction of sp³-hybridized carbons (Fsp3) is 0.947. The zero-order valence-corrected chi connectivity index (χ0v) is 14.6. The van der Waals surface area contributed by atoms with Crippen LogP contribution in [0, 0.1) is 11.8 Å². The Kier molecular flexibility index (Phi) is 15.4. The van der Waals surface area contributed by atoms with Gasteiger partial charge in [0.25, 0.3) is 0 Å². The van der Waals surface area contributed by atoms with E-state index in [0.717, 1.165) is 6.04 Å². The Labute approximate surface area is 133 Å². The number of piperidine rings is 1. The number of rotatable bonds is 11. The van der Waals surface area contributed by atoms with Crippen molar-refractivity contribution in [1.29, 1.82) is 5.26 Å². The molecule has 1 fully saturated rings. The van der Waals surface area contributed by atoms with Gasteiger partial charge in [0.05, 0.1) is 19.1 Å². The van der Waals surface area contributed by atoms with E-state index in [-0.39, 0.29) is 0 Å². The molecule has 0 amide bonds. The predicted molar refractivity (Wildman–Crippen MR) is 90.8 cm³/mol. The van der Waals surface area contributed by atoms with Crippen LogP contribution in [0.25, 0.3) is 0 Å². The van der Waals surface area contributed by atoms with E-state index in [1.54, 1.807) is 0 Å². The molecule has 0 radical (unpaired) electrons. The molecule has 2 nitrogen and oxygen atoms in total. The first kappa shape index (κ1) is 20.5. The number of likely N-dealkylation sites (tertiary alicyclic amines) is 1. The van der Waals surface area contributed by atoms with Crippen LogP contribution in [0.4, 0.5) is 0 Å². The Morgan fingerprint density at radius 1 is 0.857 bits per heavy atom. The van der Waals surface area contributed by atoms with Gasteiger partial charge < -0.3 is 16.7 Å². The number of nitrogens with one attached hydrogen (secondary N) is 1. The van der Waals surface area contributed by atoms with E-state index in [9.17, 15) is 0 Å². The van der Waals surface area contributed by atoms with Crippen LogP contribution >= 0.6 is 0 Å². The monoisotopic (exact) mass is 294 g/mol. The van der Waals surface area contributed by atoms with Crippen molar-refractivity contribution in [3.05, 3.63) is 6.57 Å². The molecule has 1 saturated heterocycles. The molecule has 2 unspecified atom stereocenters. The molecule has 1 aliphatic rings. The summed E-state index contributed by atoms with van der Waals surface area (Å²) in [6.07, 6.45) is 19.0. The van der Waals surface area contributed by atoms with Crippen molar-refractivity contribution in [2.75, 3.05) is 13.1 Å². The lowest BCUT2D eigenvalue weighted by Gasteiger charge is -2.32. The van der Waals surface area contributed by atoms with E-state index in [1.165, 1.54) is 96.6 Å². The summed E-state index contributed by atoms with van der Waals surface area (Å²) in [4.78, 5) is 1.94. The lowest BCUT2D eigenvalue weighted by Crippen LogP contribution is -3.16. The van der Waals surface area contributed by atoms with Crippen LogP contribution in [0.2, 0.25) is 0 Å². The van der Waals surface area contributed by atoms with Crippen molar-refractivity contribution >= 4 is 0 Å². The second-order valence-electron chi connectivity index (χ2n) is 6.61. The summed E-state index contributed by atoms with van der Waals surface area (Å²) < 4.78 is 0. The minimum atomic E-state index is 1.00. The maximum Gasteiger partial charge on any atom is 0.0874 e. The van der Waals surface area contributed by atoms with Gasteiger partial charge in [-0.3, -0.25) is 0 Å². The quantitative estimate of drug-likeness (QED) is 0.442. The summed E-state index contributed by atoms with van der Waals surface area (Å²) in [6.45, 7) is 12.3. The number of hydrogen-bond acceptors (Lipinski definition) is 1. The second-order valence-corrected chi connectivity index (χ2v) is 6.61. The third-order valence-corrected chi connectivity index (χ3v) is 4.87. The maximum atomic E-state index is 6.25. The molecule has 0 aromatic heterocycles. The molecule has 124 valence electrons. The topological polar surface area (TPSA) is 28.2 Å². The Hall–Kier alpha value is -0.550. The molecule has 0 bridgehead atoms. The number of hydrogen-bond donors (Lipinski definition) is 1. The maximum absolute atomic E-state index is 6.25. The van der Waals surface area contributed by atoms with Crippen LogP contribution in [0.5, 0.6) is 0 Å². The summed E-state index contributed by atoms with van der Waals surface area (Å²) in [5.74, 6) is 0. The van der Waals surface area contributed by atoms with Gasteiger partial charge in [0.1, 0.15) is 0 Å². The molecular formula is C19H38N2. The smallest absolute Gasteiger partial charge is 0.0874 e. The Morgan fingerprint density at radius 3 is 2.10 bits per heavy atom. The van der Waals surface area contributed by atoms with Crippen molar-refractivity contribution < 1.29 is 4.90 Å². The molecule has 21 heavy (non-hydrogen) atoms. The molecule has 2 heteroatoms. The fourth-order valence-corrected chi connectivity index (χ4v) is 3.66. The van der Waals surface area contributed by atoms with Crippen molar-refractivity contribution in [1.82, 2.24) is 0 Å². The molecule has 0 saturated carbocycles. The van der Waals surface area contributed by atoms with Gasteiger partial charge >= 0.3 is 0 Å². The van der Waals surface area contributed by atoms with E-state index < -0.39 is 0 Å². The Bertz CT molecular complexity index is 223. The molecule has 1 N–H and O–H groups in total. The van der Waals surface area contributed by atoms with Gasteiger partial charge in [-0.2, -0.15) is 0 Å². The van der Waals surface area contributed by atoms with Crippen LogP contribution in [0.3, 0.4) is 0 Å². The average Bonchev–Trinajstić information content (AvgIpc) is 2.54. The van der Waals surface area contributed by atoms with E-state index in [1.807, 2.05) is 4.90 Å².